The van der Waals surface area contributed by atoms with E-state index in [9.17, 15) is 4.79 Å². The Morgan fingerprint density at radius 2 is 1.88 bits per heavy atom. The summed E-state index contributed by atoms with van der Waals surface area (Å²) in [5, 5.41) is 4.89. The number of amides is 1. The van der Waals surface area contributed by atoms with Crippen molar-refractivity contribution in [1.29, 1.82) is 0 Å². The van der Waals surface area contributed by atoms with Crippen molar-refractivity contribution in [2.24, 2.45) is 13.0 Å². The van der Waals surface area contributed by atoms with Gasteiger partial charge >= 0.3 is 6.09 Å². The molecule has 6 rings (SSSR count). The van der Waals surface area contributed by atoms with E-state index in [4.69, 9.17) is 24.2 Å². The molecule has 222 valence electrons. The minimum Gasteiger partial charge on any atom is -0.464 e. The Kier molecular flexibility index (Phi) is 7.38. The highest BCUT2D eigenvalue weighted by Crippen LogP contribution is 2.38. The third-order valence-corrected chi connectivity index (χ3v) is 7.71. The molecule has 1 aliphatic heterocycles. The first-order valence-electron chi connectivity index (χ1n) is 14.4. The van der Waals surface area contributed by atoms with E-state index in [-0.39, 0.29) is 30.2 Å². The number of anilines is 1. The lowest BCUT2D eigenvalue weighted by Crippen LogP contribution is -2.45. The van der Waals surface area contributed by atoms with Crippen LogP contribution in [0.4, 0.5) is 14.9 Å². The molecule has 3 aromatic heterocycles. The van der Waals surface area contributed by atoms with E-state index in [1.807, 2.05) is 50.1 Å². The molecule has 2 fully saturated rings. The maximum Gasteiger partial charge on any atom is 0.410 e. The van der Waals surface area contributed by atoms with Gasteiger partial charge in [-0.15, -0.1) is 0 Å². The van der Waals surface area contributed by atoms with Crippen LogP contribution in [0.3, 0.4) is 0 Å². The largest absolute Gasteiger partial charge is 0.464 e. The summed E-state index contributed by atoms with van der Waals surface area (Å²) in [6, 6.07) is 5.82. The summed E-state index contributed by atoms with van der Waals surface area (Å²) in [5.74, 6) is 0.0824. The van der Waals surface area contributed by atoms with Gasteiger partial charge in [-0.05, 0) is 64.2 Å². The van der Waals surface area contributed by atoms with Gasteiger partial charge in [0.25, 0.3) is 0 Å². The van der Waals surface area contributed by atoms with E-state index in [2.05, 4.69) is 10.00 Å². The average molecular weight is 577 g/mol. The van der Waals surface area contributed by atoms with Crippen molar-refractivity contribution in [3.63, 3.8) is 0 Å². The quantitative estimate of drug-likeness (QED) is 0.253. The first-order chi connectivity index (χ1) is 20.1. The highest BCUT2D eigenvalue weighted by molar-refractivity contribution is 5.91. The molecule has 0 N–H and O–H groups in total. The molecule has 42 heavy (non-hydrogen) atoms. The smallest absolute Gasteiger partial charge is 0.410 e. The van der Waals surface area contributed by atoms with Crippen LogP contribution in [0.2, 0.25) is 0 Å². The zero-order valence-corrected chi connectivity index (χ0v) is 24.8. The summed E-state index contributed by atoms with van der Waals surface area (Å²) >= 11 is 0. The number of aryl methyl sites for hydroxylation is 1. The normalized spacial score (nSPS) is 17.3. The summed E-state index contributed by atoms with van der Waals surface area (Å²) in [4.78, 5) is 26.7. The number of ether oxygens (including phenoxy) is 3. The zero-order valence-electron chi connectivity index (χ0n) is 24.8. The molecule has 0 bridgehead atoms. The van der Waals surface area contributed by atoms with E-state index in [1.165, 1.54) is 20.0 Å². The van der Waals surface area contributed by atoms with Crippen molar-refractivity contribution in [1.82, 2.24) is 24.6 Å². The predicted octanol–water partition coefficient (Wildman–Crippen LogP) is 5.53. The number of hydrogen-bond donors (Lipinski definition) is 0. The fraction of sp³-hybridized carbons (Fsp3) is 0.484. The topological polar surface area (TPSA) is 94.8 Å². The molecule has 4 aromatic rings. The Bertz CT molecular complexity index is 1630. The summed E-state index contributed by atoms with van der Waals surface area (Å²) in [7, 11) is 3.24. The number of aromatic nitrogens is 4. The van der Waals surface area contributed by atoms with Gasteiger partial charge in [-0.25, -0.2) is 9.18 Å². The third kappa shape index (κ3) is 5.83. The number of benzene rings is 1. The summed E-state index contributed by atoms with van der Waals surface area (Å²) in [6.45, 7) is 7.87. The van der Waals surface area contributed by atoms with E-state index in [0.29, 0.717) is 34.5 Å². The molecule has 1 saturated heterocycles. The molecule has 0 radical (unpaired) electrons. The number of carbonyl (C=O) groups excluding carboxylic acids is 1. The molecule has 2 aliphatic rings. The SMILES string of the molecule is COCOc1c(-c2cnc3cc(N4CCC(N(CC5CC5)C(=O)OC(C)(C)C)C4)cnc3c2)cc2cn(C)nc2c1F. The predicted molar refractivity (Wildman–Crippen MR) is 158 cm³/mol. The summed E-state index contributed by atoms with van der Waals surface area (Å²) < 4.78 is 33.5. The average Bonchev–Trinajstić information content (AvgIpc) is 3.49. The van der Waals surface area contributed by atoms with Crippen molar-refractivity contribution in [3.05, 3.63) is 42.6 Å². The second-order valence-corrected chi connectivity index (χ2v) is 12.3. The third-order valence-electron chi connectivity index (χ3n) is 7.71. The van der Waals surface area contributed by atoms with Gasteiger partial charge in [0, 0.05) is 62.7 Å². The zero-order chi connectivity index (χ0) is 29.6. The van der Waals surface area contributed by atoms with Crippen molar-refractivity contribution >= 4 is 33.7 Å². The Morgan fingerprint density at radius 3 is 2.62 bits per heavy atom. The maximum atomic E-state index is 15.5. The molecule has 1 unspecified atom stereocenters. The molecule has 11 heteroatoms. The first kappa shape index (κ1) is 28.1. The van der Waals surface area contributed by atoms with Gasteiger partial charge in [0.05, 0.1) is 29.0 Å². The lowest BCUT2D eigenvalue weighted by Gasteiger charge is -2.32. The standard InChI is InChI=1S/C31H37FN6O4/c1-31(2,3)42-30(39)38(15-19-6-7-19)22-8-9-37(17-22)23-12-26-25(34-14-23)11-20(13-33-26)24-10-21-16-36(4)35-28(21)27(32)29(24)41-18-40-5/h10-14,16,19,22H,6-9,15,17-18H2,1-5H3. The van der Waals surface area contributed by atoms with Crippen LogP contribution in [-0.4, -0.2) is 75.9 Å². The number of fused-ring (bicyclic) bond motifs is 2. The number of nitrogens with zero attached hydrogens (tertiary/aromatic N) is 6. The molecule has 1 atom stereocenters. The monoisotopic (exact) mass is 576 g/mol. The summed E-state index contributed by atoms with van der Waals surface area (Å²) in [6.07, 6.45) is 8.27. The van der Waals surface area contributed by atoms with E-state index in [1.54, 1.807) is 24.1 Å². The molecule has 1 amide bonds. The molecular formula is C31H37FN6O4. The minimum absolute atomic E-state index is 0.0599. The van der Waals surface area contributed by atoms with Crippen LogP contribution in [0.1, 0.15) is 40.0 Å². The van der Waals surface area contributed by atoms with Crippen LogP contribution in [0, 0.1) is 11.7 Å². The molecule has 10 nitrogen and oxygen atoms in total. The number of rotatable bonds is 8. The van der Waals surface area contributed by atoms with Crippen molar-refractivity contribution in [2.45, 2.75) is 51.7 Å². The minimum atomic E-state index is -0.547. The van der Waals surface area contributed by atoms with Gasteiger partial charge in [-0.1, -0.05) is 0 Å². The Labute approximate surface area is 244 Å². The fourth-order valence-corrected chi connectivity index (χ4v) is 5.52. The molecule has 1 aromatic carbocycles. The summed E-state index contributed by atoms with van der Waals surface area (Å²) in [5.41, 5.74) is 3.28. The van der Waals surface area contributed by atoms with E-state index in [0.717, 1.165) is 30.7 Å². The lowest BCUT2D eigenvalue weighted by atomic mass is 10.0. The number of carbonyl (C=O) groups is 1. The highest BCUT2D eigenvalue weighted by atomic mass is 19.1. The van der Waals surface area contributed by atoms with Gasteiger partial charge in [0.15, 0.2) is 18.4 Å². The van der Waals surface area contributed by atoms with Gasteiger partial charge < -0.3 is 24.0 Å². The molecule has 4 heterocycles. The number of halogens is 1. The number of hydrogen-bond acceptors (Lipinski definition) is 8. The number of pyridine rings is 2. The lowest BCUT2D eigenvalue weighted by molar-refractivity contribution is 0.0167. The second kappa shape index (κ2) is 11.0. The van der Waals surface area contributed by atoms with Crippen LogP contribution in [0.5, 0.6) is 5.75 Å². The van der Waals surface area contributed by atoms with Crippen molar-refractivity contribution < 1.29 is 23.4 Å². The Morgan fingerprint density at radius 1 is 1.12 bits per heavy atom. The molecule has 0 spiro atoms. The van der Waals surface area contributed by atoms with Crippen LogP contribution in [0.25, 0.3) is 33.1 Å². The fourth-order valence-electron chi connectivity index (χ4n) is 5.52. The molecule has 1 aliphatic carbocycles. The maximum absolute atomic E-state index is 15.5. The van der Waals surface area contributed by atoms with E-state index >= 15 is 4.39 Å². The Balaban J connectivity index is 1.25. The Hall–Kier alpha value is -3.99. The van der Waals surface area contributed by atoms with E-state index < -0.39 is 11.4 Å². The number of methoxy groups -OCH3 is 1. The van der Waals surface area contributed by atoms with Crippen molar-refractivity contribution in [2.75, 3.05) is 38.4 Å². The highest BCUT2D eigenvalue weighted by Gasteiger charge is 2.37. The molecule has 1 saturated carbocycles. The second-order valence-electron chi connectivity index (χ2n) is 12.3. The van der Waals surface area contributed by atoms with Crippen LogP contribution < -0.4 is 9.64 Å². The van der Waals surface area contributed by atoms with Crippen molar-refractivity contribution in [3.8, 4) is 16.9 Å². The molecular weight excluding hydrogens is 539 g/mol. The first-order valence-corrected chi connectivity index (χ1v) is 14.4. The van der Waals surface area contributed by atoms with Crippen LogP contribution in [-0.2, 0) is 16.5 Å². The van der Waals surface area contributed by atoms with Gasteiger partial charge in [0.1, 0.15) is 11.1 Å². The van der Waals surface area contributed by atoms with Crippen LogP contribution in [0.15, 0.2) is 36.8 Å². The van der Waals surface area contributed by atoms with Gasteiger partial charge in [-0.2, -0.15) is 5.10 Å². The van der Waals surface area contributed by atoms with Gasteiger partial charge in [0.2, 0.25) is 0 Å². The van der Waals surface area contributed by atoms with Gasteiger partial charge in [-0.3, -0.25) is 14.6 Å². The van der Waals surface area contributed by atoms with Crippen LogP contribution >= 0.6 is 0 Å².